The standard InChI is InChI=1S/C22H29N5O2S/c1-3-9-27-14-17(12-20(27)28)21(29)26-10-7-16(8-11-26)18-5-4-6-19(24-18)25-22-23-13-15(2)30-22/h4-6,13,16-17H,3,7-12,14H2,1-2H3,(H,23,24,25). The number of anilines is 2. The van der Waals surface area contributed by atoms with Crippen molar-refractivity contribution in [2.45, 2.75) is 45.4 Å². The Morgan fingerprint density at radius 1 is 1.30 bits per heavy atom. The van der Waals surface area contributed by atoms with Gasteiger partial charge in [0, 0.05) is 55.3 Å². The summed E-state index contributed by atoms with van der Waals surface area (Å²) in [5.41, 5.74) is 1.06. The maximum atomic E-state index is 12.9. The van der Waals surface area contributed by atoms with Crippen molar-refractivity contribution in [3.8, 4) is 0 Å². The van der Waals surface area contributed by atoms with Crippen LogP contribution in [-0.2, 0) is 9.59 Å². The molecule has 1 N–H and O–H groups in total. The maximum absolute atomic E-state index is 12.9. The molecule has 0 radical (unpaired) electrons. The highest BCUT2D eigenvalue weighted by Crippen LogP contribution is 2.30. The third-order valence-electron chi connectivity index (χ3n) is 5.91. The van der Waals surface area contributed by atoms with E-state index >= 15 is 0 Å². The van der Waals surface area contributed by atoms with Crippen molar-refractivity contribution in [1.29, 1.82) is 0 Å². The molecule has 7 nitrogen and oxygen atoms in total. The molecule has 4 heterocycles. The van der Waals surface area contributed by atoms with Crippen LogP contribution in [0.2, 0.25) is 0 Å². The summed E-state index contributed by atoms with van der Waals surface area (Å²) < 4.78 is 0. The van der Waals surface area contributed by atoms with Crippen LogP contribution in [0.5, 0.6) is 0 Å². The van der Waals surface area contributed by atoms with E-state index in [0.29, 0.717) is 18.9 Å². The molecule has 8 heteroatoms. The highest BCUT2D eigenvalue weighted by molar-refractivity contribution is 7.15. The molecule has 160 valence electrons. The Hall–Kier alpha value is -2.48. The minimum absolute atomic E-state index is 0.119. The molecule has 0 saturated carbocycles. The monoisotopic (exact) mass is 427 g/mol. The van der Waals surface area contributed by atoms with E-state index in [1.165, 1.54) is 0 Å². The van der Waals surface area contributed by atoms with Gasteiger partial charge in [-0.05, 0) is 38.3 Å². The van der Waals surface area contributed by atoms with E-state index in [4.69, 9.17) is 4.98 Å². The number of hydrogen-bond donors (Lipinski definition) is 1. The summed E-state index contributed by atoms with van der Waals surface area (Å²) in [6.45, 7) is 6.88. The minimum atomic E-state index is -0.173. The number of carbonyl (C=O) groups excluding carboxylic acids is 2. The smallest absolute Gasteiger partial charge is 0.227 e. The van der Waals surface area contributed by atoms with Crippen molar-refractivity contribution < 1.29 is 9.59 Å². The zero-order valence-corrected chi connectivity index (χ0v) is 18.5. The molecule has 4 rings (SSSR count). The van der Waals surface area contributed by atoms with Crippen LogP contribution in [0.3, 0.4) is 0 Å². The molecule has 30 heavy (non-hydrogen) atoms. The lowest BCUT2D eigenvalue weighted by atomic mass is 9.92. The first-order valence-electron chi connectivity index (χ1n) is 10.8. The fraction of sp³-hybridized carbons (Fsp3) is 0.545. The van der Waals surface area contributed by atoms with Crippen LogP contribution in [0.1, 0.15) is 49.1 Å². The molecule has 2 aromatic rings. The molecule has 0 bridgehead atoms. The number of thiazole rings is 1. The molecule has 1 unspecified atom stereocenters. The zero-order chi connectivity index (χ0) is 21.1. The highest BCUT2D eigenvalue weighted by Gasteiger charge is 2.37. The molecule has 0 aromatic carbocycles. The molecular formula is C22H29N5O2S. The normalized spacial score (nSPS) is 20.1. The van der Waals surface area contributed by atoms with Gasteiger partial charge in [0.15, 0.2) is 5.13 Å². The highest BCUT2D eigenvalue weighted by atomic mass is 32.1. The average Bonchev–Trinajstić information content (AvgIpc) is 3.33. The fourth-order valence-electron chi connectivity index (χ4n) is 4.35. The van der Waals surface area contributed by atoms with Gasteiger partial charge >= 0.3 is 0 Å². The molecule has 2 aromatic heterocycles. The van der Waals surface area contributed by atoms with E-state index in [1.807, 2.05) is 35.1 Å². The SMILES string of the molecule is CCCN1CC(C(=O)N2CCC(c3cccc(Nc4ncc(C)s4)n3)CC2)CC1=O. The molecule has 2 aliphatic heterocycles. The Labute approximate surface area is 181 Å². The van der Waals surface area contributed by atoms with Gasteiger partial charge in [0.2, 0.25) is 11.8 Å². The van der Waals surface area contributed by atoms with Crippen LogP contribution in [0.4, 0.5) is 10.9 Å². The Kier molecular flexibility index (Phi) is 6.32. The molecular weight excluding hydrogens is 398 g/mol. The number of pyridine rings is 1. The van der Waals surface area contributed by atoms with Gasteiger partial charge in [0.25, 0.3) is 0 Å². The quantitative estimate of drug-likeness (QED) is 0.763. The minimum Gasteiger partial charge on any atom is -0.342 e. The van der Waals surface area contributed by atoms with Crippen LogP contribution in [0.15, 0.2) is 24.4 Å². The van der Waals surface area contributed by atoms with Gasteiger partial charge in [-0.2, -0.15) is 0 Å². The number of aromatic nitrogens is 2. The van der Waals surface area contributed by atoms with E-state index < -0.39 is 0 Å². The number of nitrogens with zero attached hydrogens (tertiary/aromatic N) is 4. The van der Waals surface area contributed by atoms with E-state index in [-0.39, 0.29) is 17.7 Å². The van der Waals surface area contributed by atoms with Gasteiger partial charge < -0.3 is 15.1 Å². The van der Waals surface area contributed by atoms with Crippen LogP contribution in [0.25, 0.3) is 0 Å². The van der Waals surface area contributed by atoms with Crippen LogP contribution < -0.4 is 5.32 Å². The van der Waals surface area contributed by atoms with E-state index in [2.05, 4.69) is 23.3 Å². The first kappa shape index (κ1) is 20.8. The number of aryl methyl sites for hydroxylation is 1. The van der Waals surface area contributed by atoms with E-state index in [1.54, 1.807) is 11.3 Å². The summed E-state index contributed by atoms with van der Waals surface area (Å²) >= 11 is 1.61. The second-order valence-electron chi connectivity index (χ2n) is 8.19. The summed E-state index contributed by atoms with van der Waals surface area (Å²) in [6, 6.07) is 6.05. The van der Waals surface area contributed by atoms with Crippen molar-refractivity contribution in [1.82, 2.24) is 19.8 Å². The molecule has 2 amide bonds. The Morgan fingerprint density at radius 2 is 2.10 bits per heavy atom. The van der Waals surface area contributed by atoms with Gasteiger partial charge in [-0.15, -0.1) is 11.3 Å². The summed E-state index contributed by atoms with van der Waals surface area (Å²) in [4.78, 5) is 39.1. The first-order chi connectivity index (χ1) is 14.5. The number of hydrogen-bond acceptors (Lipinski definition) is 6. The topological polar surface area (TPSA) is 78.4 Å². The predicted octanol–water partition coefficient (Wildman–Crippen LogP) is 3.55. The summed E-state index contributed by atoms with van der Waals surface area (Å²) in [6.07, 6.45) is 4.95. The number of carbonyl (C=O) groups is 2. The van der Waals surface area contributed by atoms with Crippen LogP contribution in [0, 0.1) is 12.8 Å². The number of amides is 2. The second kappa shape index (κ2) is 9.12. The van der Waals surface area contributed by atoms with E-state index in [9.17, 15) is 9.59 Å². The second-order valence-corrected chi connectivity index (χ2v) is 9.42. The summed E-state index contributed by atoms with van der Waals surface area (Å²) in [5, 5.41) is 4.13. The van der Waals surface area contributed by atoms with Crippen molar-refractivity contribution in [2.24, 2.45) is 5.92 Å². The fourth-order valence-corrected chi connectivity index (χ4v) is 5.02. The maximum Gasteiger partial charge on any atom is 0.227 e. The molecule has 1 atom stereocenters. The number of rotatable bonds is 6. The van der Waals surface area contributed by atoms with Gasteiger partial charge in [0.05, 0.1) is 5.92 Å². The predicted molar refractivity (Wildman–Crippen MR) is 118 cm³/mol. The lowest BCUT2D eigenvalue weighted by molar-refractivity contribution is -0.136. The molecule has 2 saturated heterocycles. The Morgan fingerprint density at radius 3 is 2.80 bits per heavy atom. The van der Waals surface area contributed by atoms with Crippen LogP contribution in [-0.4, -0.2) is 57.8 Å². The lowest BCUT2D eigenvalue weighted by Gasteiger charge is -2.33. The van der Waals surface area contributed by atoms with E-state index in [0.717, 1.165) is 60.4 Å². The Balaban J connectivity index is 1.33. The van der Waals surface area contributed by atoms with Gasteiger partial charge in [-0.1, -0.05) is 13.0 Å². The third-order valence-corrected chi connectivity index (χ3v) is 6.74. The molecule has 2 aliphatic rings. The van der Waals surface area contributed by atoms with Gasteiger partial charge in [-0.25, -0.2) is 9.97 Å². The average molecular weight is 428 g/mol. The zero-order valence-electron chi connectivity index (χ0n) is 17.6. The third kappa shape index (κ3) is 4.64. The van der Waals surface area contributed by atoms with Crippen molar-refractivity contribution >= 4 is 34.1 Å². The van der Waals surface area contributed by atoms with Gasteiger partial charge in [-0.3, -0.25) is 9.59 Å². The van der Waals surface area contributed by atoms with Crippen LogP contribution >= 0.6 is 11.3 Å². The largest absolute Gasteiger partial charge is 0.342 e. The lowest BCUT2D eigenvalue weighted by Crippen LogP contribution is -2.42. The van der Waals surface area contributed by atoms with Crippen molar-refractivity contribution in [3.05, 3.63) is 35.0 Å². The van der Waals surface area contributed by atoms with Crippen molar-refractivity contribution in [2.75, 3.05) is 31.5 Å². The first-order valence-corrected chi connectivity index (χ1v) is 11.6. The van der Waals surface area contributed by atoms with Gasteiger partial charge in [0.1, 0.15) is 5.82 Å². The Bertz CT molecular complexity index is 906. The number of nitrogens with one attached hydrogen (secondary N) is 1. The molecule has 2 fully saturated rings. The number of piperidine rings is 1. The summed E-state index contributed by atoms with van der Waals surface area (Å²) in [7, 11) is 0. The molecule has 0 spiro atoms. The van der Waals surface area contributed by atoms with Crippen molar-refractivity contribution in [3.63, 3.8) is 0 Å². The molecule has 0 aliphatic carbocycles. The summed E-state index contributed by atoms with van der Waals surface area (Å²) in [5.74, 6) is 1.24. The number of likely N-dealkylation sites (tertiary alicyclic amines) is 2.